The summed E-state index contributed by atoms with van der Waals surface area (Å²) in [6, 6.07) is -1.14. The molecule has 0 aliphatic heterocycles. The second-order valence-corrected chi connectivity index (χ2v) is 12.8. The van der Waals surface area contributed by atoms with Gasteiger partial charge in [0.2, 0.25) is 0 Å². The van der Waals surface area contributed by atoms with Gasteiger partial charge in [0.1, 0.15) is 12.1 Å². The number of carboxylic acid groups (broad SMARTS) is 3. The number of ether oxygens (including phenoxy) is 2. The molecule has 1 unspecified atom stereocenters. The van der Waals surface area contributed by atoms with E-state index in [4.69, 9.17) is 33.8 Å². The summed E-state index contributed by atoms with van der Waals surface area (Å²) in [5, 5.41) is 29.2. The maximum Gasteiger partial charge on any atom is 0.472 e. The number of unbranched alkanes of at least 4 members (excludes halogenated alkanes) is 14. The van der Waals surface area contributed by atoms with Gasteiger partial charge in [-0.1, -0.05) is 90.4 Å². The highest BCUT2D eigenvalue weighted by atomic mass is 31.2. The van der Waals surface area contributed by atoms with Crippen molar-refractivity contribution in [1.29, 1.82) is 0 Å². The van der Waals surface area contributed by atoms with E-state index in [0.29, 0.717) is 19.4 Å². The van der Waals surface area contributed by atoms with Crippen LogP contribution in [-0.4, -0.2) is 89.8 Å². The lowest BCUT2D eigenvalue weighted by molar-refractivity contribution is -0.141. The molecule has 0 heterocycles. The van der Waals surface area contributed by atoms with Gasteiger partial charge in [0.05, 0.1) is 19.8 Å². The molecule has 0 radical (unpaired) electrons. The third kappa shape index (κ3) is 30.8. The minimum atomic E-state index is -4.49. The van der Waals surface area contributed by atoms with Gasteiger partial charge in [-0.25, -0.2) is 4.57 Å². The second kappa shape index (κ2) is 29.8. The predicted octanol–water partition coefficient (Wildman–Crippen LogP) is 6.17. The molecule has 0 rings (SSSR count). The molecule has 0 fully saturated rings. The van der Waals surface area contributed by atoms with Gasteiger partial charge in [-0.3, -0.25) is 23.4 Å². The van der Waals surface area contributed by atoms with Crippen LogP contribution in [0.2, 0.25) is 0 Å². The van der Waals surface area contributed by atoms with E-state index in [1.165, 1.54) is 70.6 Å². The molecule has 5 N–H and O–H groups in total. The molecule has 3 atom stereocenters. The van der Waals surface area contributed by atoms with Crippen LogP contribution in [0.3, 0.4) is 0 Å². The van der Waals surface area contributed by atoms with Crippen LogP contribution in [-0.2, 0) is 37.5 Å². The van der Waals surface area contributed by atoms with Crippen LogP contribution in [0.15, 0.2) is 0 Å². The van der Waals surface area contributed by atoms with Crippen molar-refractivity contribution < 1.29 is 57.7 Å². The summed E-state index contributed by atoms with van der Waals surface area (Å²) >= 11 is 0. The van der Waals surface area contributed by atoms with Gasteiger partial charge in [0, 0.05) is 32.6 Å². The molecule has 0 spiro atoms. The highest BCUT2D eigenvalue weighted by Gasteiger charge is 2.25. The van der Waals surface area contributed by atoms with Crippen molar-refractivity contribution in [1.82, 2.24) is 5.32 Å². The highest BCUT2D eigenvalue weighted by molar-refractivity contribution is 7.47. The topological polar surface area (TPSA) is 198 Å². The maximum atomic E-state index is 12.3. The smallest absolute Gasteiger partial charge is 0.472 e. The maximum absolute atomic E-state index is 12.3. The van der Waals surface area contributed by atoms with Gasteiger partial charge < -0.3 is 35.0 Å². The Bertz CT molecular complexity index is 801. The van der Waals surface area contributed by atoms with E-state index in [1.807, 2.05) is 0 Å². The molecule has 45 heavy (non-hydrogen) atoms. The Morgan fingerprint density at radius 3 is 1.73 bits per heavy atom. The molecule has 0 aromatic heterocycles. The Kier molecular flexibility index (Phi) is 28.7. The summed E-state index contributed by atoms with van der Waals surface area (Å²) in [6.07, 6.45) is 17.4. The summed E-state index contributed by atoms with van der Waals surface area (Å²) in [5.41, 5.74) is 0. The van der Waals surface area contributed by atoms with Gasteiger partial charge in [-0.2, -0.15) is 0 Å². The number of aliphatic carboxylic acids is 3. The summed E-state index contributed by atoms with van der Waals surface area (Å²) in [4.78, 5) is 42.6. The molecule has 0 saturated heterocycles. The van der Waals surface area contributed by atoms with Gasteiger partial charge in [-0.15, -0.1) is 0 Å². The number of hydrogen-bond acceptors (Lipinski definition) is 9. The van der Waals surface area contributed by atoms with Crippen molar-refractivity contribution in [3.05, 3.63) is 0 Å². The normalized spacial score (nSPS) is 14.2. The Morgan fingerprint density at radius 2 is 1.20 bits per heavy atom. The van der Waals surface area contributed by atoms with Crippen LogP contribution in [0.5, 0.6) is 0 Å². The first-order valence-corrected chi connectivity index (χ1v) is 18.3. The monoisotopic (exact) mass is 669 g/mol. The van der Waals surface area contributed by atoms with E-state index in [9.17, 15) is 23.8 Å². The SMILES string of the molecule is CCCCCCCCCCCCCCCCOC[C@H](COP(=O)(O)OCCN[C@H](CCC(=O)O)C(=O)O)OCCCCC(=O)O. The van der Waals surface area contributed by atoms with E-state index in [-0.39, 0.29) is 52.2 Å². The van der Waals surface area contributed by atoms with Crippen LogP contribution in [0.1, 0.15) is 129 Å². The fraction of sp³-hybridized carbons (Fsp3) is 0.903. The molecule has 0 bridgehead atoms. The quantitative estimate of drug-likeness (QED) is 0.0380. The second-order valence-electron chi connectivity index (χ2n) is 11.4. The Balaban J connectivity index is 4.24. The van der Waals surface area contributed by atoms with Crippen LogP contribution in [0.4, 0.5) is 0 Å². The molecule has 0 amide bonds. The number of rotatable bonds is 35. The molecule has 14 heteroatoms. The van der Waals surface area contributed by atoms with E-state index in [2.05, 4.69) is 12.2 Å². The van der Waals surface area contributed by atoms with E-state index < -0.39 is 37.9 Å². The van der Waals surface area contributed by atoms with Crippen molar-refractivity contribution in [3.63, 3.8) is 0 Å². The average molecular weight is 670 g/mol. The molecule has 13 nitrogen and oxygen atoms in total. The van der Waals surface area contributed by atoms with Crippen molar-refractivity contribution >= 4 is 25.7 Å². The number of nitrogens with one attached hydrogen (secondary N) is 1. The lowest BCUT2D eigenvalue weighted by Gasteiger charge is -2.20. The van der Waals surface area contributed by atoms with Gasteiger partial charge in [0.25, 0.3) is 0 Å². The standard InChI is InChI=1S/C31H60NO12P/c1-2-3-4-5-6-7-8-9-10-11-12-13-14-16-22-41-25-27(42-23-17-15-18-29(33)34)26-44-45(39,40)43-24-21-32-28(31(37)38)19-20-30(35)36/h27-28,32H,2-26H2,1H3,(H,33,34)(H,35,36)(H,37,38)(H,39,40)/t27-,28-/m1/s1. The largest absolute Gasteiger partial charge is 0.481 e. The van der Waals surface area contributed by atoms with Crippen LogP contribution in [0, 0.1) is 0 Å². The van der Waals surface area contributed by atoms with Crippen LogP contribution < -0.4 is 5.32 Å². The summed E-state index contributed by atoms with van der Waals surface area (Å²) in [6.45, 7) is 2.36. The fourth-order valence-corrected chi connectivity index (χ4v) is 5.33. The molecule has 0 aliphatic rings. The summed E-state index contributed by atoms with van der Waals surface area (Å²) in [5.74, 6) is -3.26. The zero-order valence-corrected chi connectivity index (χ0v) is 28.2. The van der Waals surface area contributed by atoms with Crippen LogP contribution in [0.25, 0.3) is 0 Å². The van der Waals surface area contributed by atoms with Crippen molar-refractivity contribution in [2.24, 2.45) is 0 Å². The van der Waals surface area contributed by atoms with E-state index >= 15 is 0 Å². The Morgan fingerprint density at radius 1 is 0.667 bits per heavy atom. The third-order valence-corrected chi connectivity index (χ3v) is 8.18. The zero-order chi connectivity index (χ0) is 33.6. The van der Waals surface area contributed by atoms with Crippen molar-refractivity contribution in [3.8, 4) is 0 Å². The summed E-state index contributed by atoms with van der Waals surface area (Å²) in [7, 11) is -4.49. The Labute approximate surface area is 269 Å². The zero-order valence-electron chi connectivity index (χ0n) is 27.3. The first-order valence-electron chi connectivity index (χ1n) is 16.8. The lowest BCUT2D eigenvalue weighted by Crippen LogP contribution is -2.38. The third-order valence-electron chi connectivity index (χ3n) is 7.20. The number of phosphoric acid groups is 1. The molecule has 0 aliphatic carbocycles. The number of carbonyl (C=O) groups is 3. The number of carboxylic acids is 3. The first-order chi connectivity index (χ1) is 21.6. The fourth-order valence-electron chi connectivity index (χ4n) is 4.58. The van der Waals surface area contributed by atoms with Gasteiger partial charge in [0.15, 0.2) is 0 Å². The molecular weight excluding hydrogens is 609 g/mol. The first kappa shape index (κ1) is 43.4. The molecule has 0 saturated carbocycles. The van der Waals surface area contributed by atoms with E-state index in [0.717, 1.165) is 19.3 Å². The number of phosphoric ester groups is 1. The molecule has 266 valence electrons. The molecule has 0 aromatic rings. The minimum absolute atomic E-state index is 0.0207. The van der Waals surface area contributed by atoms with Crippen LogP contribution >= 0.6 is 7.82 Å². The van der Waals surface area contributed by atoms with Gasteiger partial charge >= 0.3 is 25.7 Å². The van der Waals surface area contributed by atoms with Crippen molar-refractivity contribution in [2.75, 3.05) is 39.6 Å². The highest BCUT2D eigenvalue weighted by Crippen LogP contribution is 2.43. The van der Waals surface area contributed by atoms with Gasteiger partial charge in [-0.05, 0) is 25.7 Å². The molecule has 0 aromatic carbocycles. The lowest BCUT2D eigenvalue weighted by atomic mass is 10.0. The minimum Gasteiger partial charge on any atom is -0.481 e. The average Bonchev–Trinajstić information content (AvgIpc) is 2.98. The van der Waals surface area contributed by atoms with Crippen molar-refractivity contribution in [2.45, 2.75) is 141 Å². The Hall–Kier alpha value is -1.60. The number of hydrogen-bond donors (Lipinski definition) is 5. The van der Waals surface area contributed by atoms with E-state index in [1.54, 1.807) is 0 Å². The summed E-state index contributed by atoms with van der Waals surface area (Å²) < 4.78 is 33.7. The predicted molar refractivity (Wildman–Crippen MR) is 170 cm³/mol. The molecular formula is C31H60NO12P.